The number of carbonyl (C=O) groups is 1. The van der Waals surface area contributed by atoms with E-state index in [1.807, 2.05) is 11.4 Å². The van der Waals surface area contributed by atoms with Crippen molar-refractivity contribution in [1.29, 1.82) is 0 Å². The molecule has 0 radical (unpaired) electrons. The van der Waals surface area contributed by atoms with Gasteiger partial charge in [-0.05, 0) is 42.8 Å². The van der Waals surface area contributed by atoms with Gasteiger partial charge >= 0.3 is 5.97 Å². The van der Waals surface area contributed by atoms with Crippen LogP contribution < -0.4 is 5.32 Å². The minimum absolute atomic E-state index is 0.476. The zero-order chi connectivity index (χ0) is 12.5. The Balaban J connectivity index is 1.61. The Morgan fingerprint density at radius 1 is 1.50 bits per heavy atom. The summed E-state index contributed by atoms with van der Waals surface area (Å²) in [5.41, 5.74) is 0.920. The van der Waals surface area contributed by atoms with Gasteiger partial charge in [0.05, 0.1) is 0 Å². The highest BCUT2D eigenvalue weighted by atomic mass is 32.1. The molecule has 2 fully saturated rings. The lowest BCUT2D eigenvalue weighted by Crippen LogP contribution is -2.38. The van der Waals surface area contributed by atoms with Gasteiger partial charge in [-0.2, -0.15) is 0 Å². The van der Waals surface area contributed by atoms with E-state index in [0.717, 1.165) is 5.56 Å². The molecule has 0 aliphatic carbocycles. The number of aromatic carboxylic acids is 1. The van der Waals surface area contributed by atoms with Gasteiger partial charge < -0.3 is 10.4 Å². The number of rotatable bonds is 4. The van der Waals surface area contributed by atoms with Gasteiger partial charge in [0.25, 0.3) is 0 Å². The van der Waals surface area contributed by atoms with Gasteiger partial charge in [-0.25, -0.2) is 4.79 Å². The van der Waals surface area contributed by atoms with Crippen LogP contribution in [0.3, 0.4) is 0 Å². The van der Waals surface area contributed by atoms with Crippen molar-refractivity contribution in [2.24, 2.45) is 0 Å². The number of thiophene rings is 1. The highest BCUT2D eigenvalue weighted by Gasteiger charge is 2.36. The van der Waals surface area contributed by atoms with Crippen molar-refractivity contribution in [3.05, 3.63) is 21.9 Å². The molecule has 4 nitrogen and oxygen atoms in total. The molecule has 0 amide bonds. The number of nitrogens with one attached hydrogen (secondary N) is 1. The summed E-state index contributed by atoms with van der Waals surface area (Å²) in [7, 11) is 0. The van der Waals surface area contributed by atoms with Gasteiger partial charge in [-0.3, -0.25) is 4.90 Å². The summed E-state index contributed by atoms with van der Waals surface area (Å²) in [5.74, 6) is -0.810. The van der Waals surface area contributed by atoms with Gasteiger partial charge in [0, 0.05) is 25.2 Å². The smallest absolute Gasteiger partial charge is 0.346 e. The predicted octanol–water partition coefficient (Wildman–Crippen LogP) is 1.77. The van der Waals surface area contributed by atoms with E-state index < -0.39 is 5.97 Å². The Labute approximate surface area is 111 Å². The molecule has 2 aliphatic heterocycles. The van der Waals surface area contributed by atoms with Crippen molar-refractivity contribution in [2.75, 3.05) is 13.1 Å². The molecular formula is C13H18N2O2S. The van der Waals surface area contributed by atoms with Gasteiger partial charge in [-0.1, -0.05) is 0 Å². The number of fused-ring (bicyclic) bond motifs is 1. The van der Waals surface area contributed by atoms with Gasteiger partial charge in [-0.15, -0.1) is 11.3 Å². The molecule has 2 N–H and O–H groups in total. The lowest BCUT2D eigenvalue weighted by atomic mass is 10.1. The van der Waals surface area contributed by atoms with Gasteiger partial charge in [0.2, 0.25) is 0 Å². The highest BCUT2D eigenvalue weighted by molar-refractivity contribution is 7.12. The molecule has 2 unspecified atom stereocenters. The third kappa shape index (κ3) is 2.18. The maximum absolute atomic E-state index is 11.0. The Morgan fingerprint density at radius 3 is 3.22 bits per heavy atom. The zero-order valence-corrected chi connectivity index (χ0v) is 11.1. The summed E-state index contributed by atoms with van der Waals surface area (Å²) in [4.78, 5) is 14.1. The molecule has 0 bridgehead atoms. The molecule has 2 aliphatic rings. The van der Waals surface area contributed by atoms with Crippen LogP contribution in [0.4, 0.5) is 0 Å². The lowest BCUT2D eigenvalue weighted by Gasteiger charge is -2.21. The fraction of sp³-hybridized carbons (Fsp3) is 0.615. The average Bonchev–Trinajstić information content (AvgIpc) is 3.03. The summed E-state index contributed by atoms with van der Waals surface area (Å²) >= 11 is 1.31. The van der Waals surface area contributed by atoms with Crippen LogP contribution in [0.1, 0.15) is 34.5 Å². The molecule has 1 aromatic rings. The lowest BCUT2D eigenvalue weighted by molar-refractivity contribution is 0.0701. The van der Waals surface area contributed by atoms with E-state index in [9.17, 15) is 4.79 Å². The maximum Gasteiger partial charge on any atom is 0.346 e. The number of carboxylic acids is 1. The van der Waals surface area contributed by atoms with Crippen LogP contribution in [0.5, 0.6) is 0 Å². The van der Waals surface area contributed by atoms with E-state index in [1.54, 1.807) is 0 Å². The maximum atomic E-state index is 11.0. The Kier molecular flexibility index (Phi) is 3.37. The topological polar surface area (TPSA) is 52.6 Å². The zero-order valence-electron chi connectivity index (χ0n) is 10.3. The molecule has 1 aromatic heterocycles. The van der Waals surface area contributed by atoms with E-state index >= 15 is 0 Å². The van der Waals surface area contributed by atoms with Crippen molar-refractivity contribution in [2.45, 2.75) is 37.9 Å². The number of nitrogens with zero attached hydrogens (tertiary/aromatic N) is 1. The Morgan fingerprint density at radius 2 is 2.39 bits per heavy atom. The van der Waals surface area contributed by atoms with E-state index in [-0.39, 0.29) is 0 Å². The molecule has 5 heteroatoms. The van der Waals surface area contributed by atoms with Gasteiger partial charge in [0.1, 0.15) is 4.88 Å². The Bertz CT molecular complexity index is 446. The monoisotopic (exact) mass is 266 g/mol. The third-order valence-corrected chi connectivity index (χ3v) is 5.05. The van der Waals surface area contributed by atoms with Crippen LogP contribution in [0.2, 0.25) is 0 Å². The van der Waals surface area contributed by atoms with E-state index in [0.29, 0.717) is 23.5 Å². The van der Waals surface area contributed by atoms with Crippen LogP contribution in [-0.4, -0.2) is 41.1 Å². The molecule has 3 rings (SSSR count). The summed E-state index contributed by atoms with van der Waals surface area (Å²) < 4.78 is 0. The van der Waals surface area contributed by atoms with Gasteiger partial charge in [0.15, 0.2) is 0 Å². The third-order valence-electron chi connectivity index (χ3n) is 4.10. The van der Waals surface area contributed by atoms with Crippen molar-refractivity contribution < 1.29 is 9.90 Å². The fourth-order valence-corrected chi connectivity index (χ4v) is 3.98. The first-order valence-corrected chi connectivity index (χ1v) is 7.41. The first kappa shape index (κ1) is 12.1. The molecule has 98 valence electrons. The first-order chi connectivity index (χ1) is 8.75. The first-order valence-electron chi connectivity index (χ1n) is 6.53. The molecule has 18 heavy (non-hydrogen) atoms. The van der Waals surface area contributed by atoms with Crippen LogP contribution in [-0.2, 0) is 6.54 Å². The average molecular weight is 266 g/mol. The summed E-state index contributed by atoms with van der Waals surface area (Å²) in [6.07, 6.45) is 3.78. The van der Waals surface area contributed by atoms with Crippen LogP contribution in [0.15, 0.2) is 11.4 Å². The van der Waals surface area contributed by atoms with E-state index in [4.69, 9.17) is 5.11 Å². The fourth-order valence-electron chi connectivity index (χ4n) is 3.22. The molecule has 0 spiro atoms. The minimum atomic E-state index is -0.810. The molecular weight excluding hydrogens is 248 g/mol. The van der Waals surface area contributed by atoms with Crippen molar-refractivity contribution in [3.63, 3.8) is 0 Å². The second-order valence-corrected chi connectivity index (χ2v) is 6.02. The summed E-state index contributed by atoms with van der Waals surface area (Å²) in [6, 6.07) is 3.13. The minimum Gasteiger partial charge on any atom is -0.477 e. The number of carboxylic acid groups (broad SMARTS) is 1. The molecule has 0 saturated carbocycles. The normalized spacial score (nSPS) is 27.6. The van der Waals surface area contributed by atoms with Crippen LogP contribution >= 0.6 is 11.3 Å². The largest absolute Gasteiger partial charge is 0.477 e. The number of hydrogen-bond acceptors (Lipinski definition) is 4. The van der Waals surface area contributed by atoms with E-state index in [2.05, 4.69) is 10.2 Å². The SMILES string of the molecule is O=C(O)c1sccc1CNC1CCN2CCCC12. The molecule has 2 atom stereocenters. The molecule has 3 heterocycles. The van der Waals surface area contributed by atoms with E-state index in [1.165, 1.54) is 43.7 Å². The second kappa shape index (κ2) is 4.99. The number of hydrogen-bond donors (Lipinski definition) is 2. The van der Waals surface area contributed by atoms with Crippen LogP contribution in [0, 0.1) is 0 Å². The summed E-state index contributed by atoms with van der Waals surface area (Å²) in [6.45, 7) is 3.11. The standard InChI is InChI=1S/C13H18N2O2S/c16-13(17)12-9(4-7-18-12)8-14-10-3-6-15-5-1-2-11(10)15/h4,7,10-11,14H,1-3,5-6,8H2,(H,16,17). The molecule has 0 aromatic carbocycles. The quantitative estimate of drug-likeness (QED) is 0.872. The summed E-state index contributed by atoms with van der Waals surface area (Å²) in [5, 5.41) is 14.5. The predicted molar refractivity (Wildman–Crippen MR) is 71.1 cm³/mol. The van der Waals surface area contributed by atoms with Crippen molar-refractivity contribution in [3.8, 4) is 0 Å². The highest BCUT2D eigenvalue weighted by Crippen LogP contribution is 2.28. The Hall–Kier alpha value is -0.910. The van der Waals surface area contributed by atoms with Crippen LogP contribution in [0.25, 0.3) is 0 Å². The molecule has 2 saturated heterocycles. The van der Waals surface area contributed by atoms with Crippen molar-refractivity contribution in [1.82, 2.24) is 10.2 Å². The van der Waals surface area contributed by atoms with Crippen molar-refractivity contribution >= 4 is 17.3 Å². The second-order valence-electron chi connectivity index (χ2n) is 5.10.